The molecule has 4 rings (SSSR count). The molecule has 0 heterocycles. The zero-order valence-electron chi connectivity index (χ0n) is 22.3. The summed E-state index contributed by atoms with van der Waals surface area (Å²) in [6.07, 6.45) is -10.2. The van der Waals surface area contributed by atoms with Crippen LogP contribution in [0.4, 0.5) is 26.3 Å². The van der Waals surface area contributed by atoms with Gasteiger partial charge in [0.2, 0.25) is 0 Å². The highest BCUT2D eigenvalue weighted by atomic mass is 19.4. The summed E-state index contributed by atoms with van der Waals surface area (Å²) in [5.74, 6) is 0.782. The van der Waals surface area contributed by atoms with Gasteiger partial charge >= 0.3 is 12.4 Å². The third-order valence-electron chi connectivity index (χ3n) is 6.45. The fourth-order valence-corrected chi connectivity index (χ4v) is 4.40. The molecule has 4 aromatic rings. The normalized spacial score (nSPS) is 12.1. The van der Waals surface area contributed by atoms with Gasteiger partial charge in [-0.15, -0.1) is 0 Å². The summed E-state index contributed by atoms with van der Waals surface area (Å²) in [7, 11) is 1.45. The van der Waals surface area contributed by atoms with E-state index in [1.165, 1.54) is 13.2 Å². The zero-order valence-corrected chi connectivity index (χ0v) is 22.3. The monoisotopic (exact) mass is 568 g/mol. The Labute approximate surface area is 232 Å². The van der Waals surface area contributed by atoms with Crippen LogP contribution in [0, 0.1) is 22.7 Å². The number of halogens is 6. The van der Waals surface area contributed by atoms with Crippen LogP contribution in [-0.4, -0.2) is 7.11 Å². The van der Waals surface area contributed by atoms with E-state index in [1.807, 2.05) is 32.9 Å². The summed E-state index contributed by atoms with van der Waals surface area (Å²) >= 11 is 0. The van der Waals surface area contributed by atoms with Crippen molar-refractivity contribution in [2.24, 2.45) is 0 Å². The first-order chi connectivity index (χ1) is 19.1. The summed E-state index contributed by atoms with van der Waals surface area (Å²) in [5.41, 5.74) is -4.28. The molecular weight excluding hydrogens is 546 g/mol. The number of hydrogen-bond donors (Lipinski definition) is 0. The third-order valence-corrected chi connectivity index (χ3v) is 6.45. The van der Waals surface area contributed by atoms with E-state index in [0.717, 1.165) is 0 Å². The van der Waals surface area contributed by atoms with Crippen LogP contribution >= 0.6 is 0 Å². The molecule has 0 aliphatic carbocycles. The number of fused-ring (bicyclic) bond motifs is 1. The van der Waals surface area contributed by atoms with Gasteiger partial charge in [-0.25, -0.2) is 0 Å². The van der Waals surface area contributed by atoms with Crippen LogP contribution in [0.15, 0.2) is 60.7 Å². The number of alkyl halides is 6. The summed E-state index contributed by atoms with van der Waals surface area (Å²) in [6.45, 7) is 5.71. The van der Waals surface area contributed by atoms with Crippen LogP contribution in [0.1, 0.15) is 48.6 Å². The minimum Gasteiger partial charge on any atom is -0.497 e. The predicted octanol–water partition coefficient (Wildman–Crippen LogP) is 9.39. The molecule has 0 amide bonds. The van der Waals surface area contributed by atoms with Crippen molar-refractivity contribution >= 4 is 10.8 Å². The Morgan fingerprint density at radius 3 is 1.83 bits per heavy atom. The molecule has 0 aliphatic heterocycles. The Hall–Kier alpha value is -4.70. The van der Waals surface area contributed by atoms with E-state index < -0.39 is 34.5 Å². The van der Waals surface area contributed by atoms with Gasteiger partial charge < -0.3 is 9.47 Å². The molecule has 0 bridgehead atoms. The molecule has 41 heavy (non-hydrogen) atoms. The summed E-state index contributed by atoms with van der Waals surface area (Å²) in [5, 5.41) is 20.2. The number of rotatable bonds is 4. The van der Waals surface area contributed by atoms with Crippen LogP contribution in [0.3, 0.4) is 0 Å². The Morgan fingerprint density at radius 2 is 1.32 bits per heavy atom. The predicted molar refractivity (Wildman–Crippen MR) is 141 cm³/mol. The SMILES string of the molecule is COc1cccc(Oc2cc(C(C)(C)C)cc3cc(C#N)c(C#N)c(-c4cc(C(F)(F)F)cc(C(F)(F)F)c4)c23)c1. The lowest BCUT2D eigenvalue weighted by Crippen LogP contribution is -2.12. The molecule has 0 aromatic heterocycles. The average molecular weight is 569 g/mol. The van der Waals surface area contributed by atoms with E-state index in [-0.39, 0.29) is 39.6 Å². The van der Waals surface area contributed by atoms with Gasteiger partial charge in [0, 0.05) is 17.0 Å². The highest BCUT2D eigenvalue weighted by Crippen LogP contribution is 2.46. The van der Waals surface area contributed by atoms with Gasteiger partial charge in [-0.05, 0) is 64.4 Å². The molecule has 0 saturated heterocycles. The van der Waals surface area contributed by atoms with Crippen LogP contribution < -0.4 is 9.47 Å². The minimum atomic E-state index is -5.12. The Morgan fingerprint density at radius 1 is 0.707 bits per heavy atom. The lowest BCUT2D eigenvalue weighted by Gasteiger charge is -2.23. The van der Waals surface area contributed by atoms with Crippen molar-refractivity contribution in [3.8, 4) is 40.5 Å². The number of nitrogens with zero attached hydrogens (tertiary/aromatic N) is 2. The molecule has 0 saturated carbocycles. The molecule has 0 atom stereocenters. The molecule has 4 aromatic carbocycles. The largest absolute Gasteiger partial charge is 0.497 e. The van der Waals surface area contributed by atoms with Gasteiger partial charge in [-0.3, -0.25) is 0 Å². The first-order valence-corrected chi connectivity index (χ1v) is 12.1. The van der Waals surface area contributed by atoms with E-state index in [4.69, 9.17) is 9.47 Å². The lowest BCUT2D eigenvalue weighted by molar-refractivity contribution is -0.143. The molecule has 0 radical (unpaired) electrons. The zero-order chi connectivity index (χ0) is 30.3. The first-order valence-electron chi connectivity index (χ1n) is 12.1. The summed E-state index contributed by atoms with van der Waals surface area (Å²) in [6, 6.07) is 15.9. The van der Waals surface area contributed by atoms with Gasteiger partial charge in [-0.2, -0.15) is 36.9 Å². The number of hydrogen-bond acceptors (Lipinski definition) is 4. The van der Waals surface area contributed by atoms with Crippen LogP contribution in [-0.2, 0) is 17.8 Å². The second kappa shape index (κ2) is 10.4. The fourth-order valence-electron chi connectivity index (χ4n) is 4.40. The van der Waals surface area contributed by atoms with Crippen molar-refractivity contribution in [1.82, 2.24) is 0 Å². The third kappa shape index (κ3) is 5.92. The van der Waals surface area contributed by atoms with Gasteiger partial charge in [0.25, 0.3) is 0 Å². The van der Waals surface area contributed by atoms with Crippen LogP contribution in [0.2, 0.25) is 0 Å². The maximum absolute atomic E-state index is 13.8. The number of methoxy groups -OCH3 is 1. The summed E-state index contributed by atoms with van der Waals surface area (Å²) in [4.78, 5) is 0. The lowest BCUT2D eigenvalue weighted by atomic mass is 9.82. The number of ether oxygens (including phenoxy) is 2. The number of benzene rings is 4. The van der Waals surface area contributed by atoms with E-state index in [1.54, 1.807) is 36.4 Å². The van der Waals surface area contributed by atoms with E-state index in [0.29, 0.717) is 28.8 Å². The van der Waals surface area contributed by atoms with Gasteiger partial charge in [-0.1, -0.05) is 32.9 Å². The van der Waals surface area contributed by atoms with Crippen molar-refractivity contribution in [1.29, 1.82) is 10.5 Å². The molecule has 0 fully saturated rings. The molecule has 210 valence electrons. The molecule has 0 spiro atoms. The molecule has 4 nitrogen and oxygen atoms in total. The Kier molecular flexibility index (Phi) is 7.40. The van der Waals surface area contributed by atoms with Crippen LogP contribution in [0.5, 0.6) is 17.2 Å². The molecule has 0 unspecified atom stereocenters. The van der Waals surface area contributed by atoms with Crippen molar-refractivity contribution in [3.05, 3.63) is 88.5 Å². The van der Waals surface area contributed by atoms with Crippen molar-refractivity contribution in [3.63, 3.8) is 0 Å². The maximum atomic E-state index is 13.8. The summed E-state index contributed by atoms with van der Waals surface area (Å²) < 4.78 is 94.2. The standard InChI is InChI=1S/C31H22F6N2O2/c1-29(2,3)20-9-17-8-19(15-38)25(16-39)27(18-10-21(30(32,33)34)12-22(11-18)31(35,36)37)28(17)26(13-20)41-24-7-5-6-23(14-24)40-4/h5-14H,1-4H3. The smallest absolute Gasteiger partial charge is 0.416 e. The molecule has 0 N–H and O–H groups in total. The second-order valence-corrected chi connectivity index (χ2v) is 10.3. The van der Waals surface area contributed by atoms with E-state index in [2.05, 4.69) is 0 Å². The van der Waals surface area contributed by atoms with Crippen LogP contribution in [0.25, 0.3) is 21.9 Å². The second-order valence-electron chi connectivity index (χ2n) is 10.3. The van der Waals surface area contributed by atoms with Gasteiger partial charge in [0.15, 0.2) is 0 Å². The highest BCUT2D eigenvalue weighted by Gasteiger charge is 2.37. The minimum absolute atomic E-state index is 0.0112. The van der Waals surface area contributed by atoms with Gasteiger partial charge in [0.05, 0.1) is 29.4 Å². The Balaban J connectivity index is 2.21. The molecular formula is C31H22F6N2O2. The molecule has 0 aliphatic rings. The average Bonchev–Trinajstić information content (AvgIpc) is 2.90. The van der Waals surface area contributed by atoms with E-state index in [9.17, 15) is 36.9 Å². The van der Waals surface area contributed by atoms with Gasteiger partial charge in [0.1, 0.15) is 29.4 Å². The maximum Gasteiger partial charge on any atom is 0.416 e. The molecule has 10 heteroatoms. The quantitative estimate of drug-likeness (QED) is 0.230. The van der Waals surface area contributed by atoms with Crippen molar-refractivity contribution < 1.29 is 35.8 Å². The first kappa shape index (κ1) is 29.3. The van der Waals surface area contributed by atoms with Crippen molar-refractivity contribution in [2.45, 2.75) is 38.5 Å². The number of nitriles is 2. The fraction of sp³-hybridized carbons (Fsp3) is 0.226. The van der Waals surface area contributed by atoms with Crippen molar-refractivity contribution in [2.75, 3.05) is 7.11 Å². The van der Waals surface area contributed by atoms with E-state index >= 15 is 0 Å². The Bertz CT molecular complexity index is 1700. The highest BCUT2D eigenvalue weighted by molar-refractivity contribution is 6.05. The topological polar surface area (TPSA) is 66.0 Å².